The van der Waals surface area contributed by atoms with Gasteiger partial charge in [0.05, 0.1) is 0 Å². The molecule has 0 spiro atoms. The van der Waals surface area contributed by atoms with Crippen LogP contribution in [0.25, 0.3) is 0 Å². The summed E-state index contributed by atoms with van der Waals surface area (Å²) < 4.78 is 63.2. The molecule has 0 atom stereocenters. The van der Waals surface area contributed by atoms with E-state index in [0.717, 1.165) is 0 Å². The fourth-order valence-electron chi connectivity index (χ4n) is 0. The van der Waals surface area contributed by atoms with Crippen LogP contribution in [0.15, 0.2) is 0 Å². The maximum absolute atomic E-state index is 8.74. The third-order valence-electron chi connectivity index (χ3n) is 0. The summed E-state index contributed by atoms with van der Waals surface area (Å²) in [5.74, 6) is 0. The van der Waals surface area contributed by atoms with E-state index >= 15 is 0 Å². The van der Waals surface area contributed by atoms with E-state index in [-0.39, 0.29) is 86.6 Å². The molecule has 0 aliphatic carbocycles. The summed E-state index contributed by atoms with van der Waals surface area (Å²) in [7, 11) is -9.33. The summed E-state index contributed by atoms with van der Waals surface area (Å²) in [6.45, 7) is 0. The van der Waals surface area contributed by atoms with E-state index in [9.17, 15) is 0 Å². The van der Waals surface area contributed by atoms with Gasteiger partial charge in [0.15, 0.2) is 0 Å². The van der Waals surface area contributed by atoms with Gasteiger partial charge < -0.3 is 0 Å². The molecule has 0 radical (unpaired) electrons. The van der Waals surface area contributed by atoms with Crippen LogP contribution in [0.4, 0.5) is 0 Å². The summed E-state index contributed by atoms with van der Waals surface area (Å²) in [5, 5.41) is 0. The summed E-state index contributed by atoms with van der Waals surface area (Å²) >= 11 is 0. The van der Waals surface area contributed by atoms with Crippen molar-refractivity contribution < 1.29 is 35.0 Å². The molecule has 4 N–H and O–H groups in total. The van der Waals surface area contributed by atoms with Crippen LogP contribution < -0.4 is 0 Å². The molecule has 0 unspecified atom stereocenters. The van der Waals surface area contributed by atoms with Crippen LogP contribution in [0.5, 0.6) is 0 Å². The second kappa shape index (κ2) is 10.1. The molecule has 8 nitrogen and oxygen atoms in total. The first-order chi connectivity index (χ1) is 4.00. The number of hydrogen-bond donors (Lipinski definition) is 4. The fourth-order valence-corrected chi connectivity index (χ4v) is 0. The Bertz CT molecular complexity index is 213. The van der Waals surface area contributed by atoms with Gasteiger partial charge in [-0.25, -0.2) is 0 Å². The third kappa shape index (κ3) is 255. The molecule has 0 fully saturated rings. The Morgan fingerprint density at radius 2 is 0.667 bits per heavy atom. The topological polar surface area (TPSA) is 149 Å². The van der Waals surface area contributed by atoms with Crippen LogP contribution in [-0.4, -0.2) is 122 Å². The van der Waals surface area contributed by atoms with Crippen LogP contribution in [0.1, 0.15) is 0 Å². The average molecular weight is 378 g/mol. The van der Waals surface area contributed by atoms with Gasteiger partial charge in [0.1, 0.15) is 0 Å². The number of rotatable bonds is 0. The van der Waals surface area contributed by atoms with Crippen molar-refractivity contribution in [3.8, 4) is 0 Å². The Labute approximate surface area is 139 Å². The predicted molar refractivity (Wildman–Crippen MR) is 45.4 cm³/mol. The van der Waals surface area contributed by atoms with Crippen molar-refractivity contribution in [1.82, 2.24) is 0 Å². The Morgan fingerprint density at radius 3 is 0.667 bits per heavy atom. The monoisotopic (exact) mass is 378 g/mol. The van der Waals surface area contributed by atoms with E-state index in [1.54, 1.807) is 0 Å². The van der Waals surface area contributed by atoms with Gasteiger partial charge in [-0.05, 0) is 0 Å². The van der Waals surface area contributed by atoms with Gasteiger partial charge >= 0.3 is 107 Å². The van der Waals surface area contributed by atoms with Crippen molar-refractivity contribution in [2.45, 2.75) is 0 Å². The minimum atomic E-state index is -4.67. The molecule has 12 heavy (non-hydrogen) atoms. The second-order valence-electron chi connectivity index (χ2n) is 0.896. The molecule has 0 aromatic rings. The van der Waals surface area contributed by atoms with Crippen LogP contribution in [0.2, 0.25) is 0 Å². The van der Waals surface area contributed by atoms with Gasteiger partial charge in [-0.3, -0.25) is 18.2 Å². The molecule has 0 aliphatic rings. The predicted octanol–water partition coefficient (Wildman–Crippen LogP) is -3.14. The van der Waals surface area contributed by atoms with Crippen molar-refractivity contribution in [2.75, 3.05) is 0 Å². The first-order valence-electron chi connectivity index (χ1n) is 1.40. The van der Waals surface area contributed by atoms with Crippen LogP contribution >= 0.6 is 0 Å². The van der Waals surface area contributed by atoms with Crippen molar-refractivity contribution in [3.05, 3.63) is 0 Å². The zero-order valence-electron chi connectivity index (χ0n) is 4.24. The summed E-state index contributed by atoms with van der Waals surface area (Å²) in [4.78, 5) is 0. The molecule has 0 aliphatic heterocycles. The molecule has 0 rings (SSSR count). The molecule has 0 amide bonds. The van der Waals surface area contributed by atoms with E-state index in [2.05, 4.69) is 0 Å². The van der Waals surface area contributed by atoms with E-state index in [4.69, 9.17) is 35.0 Å². The molecular formula is H8BaCaO8S2. The van der Waals surface area contributed by atoms with E-state index in [1.807, 2.05) is 0 Å². The van der Waals surface area contributed by atoms with Gasteiger partial charge in [0.25, 0.3) is 0 Å². The summed E-state index contributed by atoms with van der Waals surface area (Å²) in [5.41, 5.74) is 0. The van der Waals surface area contributed by atoms with Crippen molar-refractivity contribution >= 4 is 107 Å². The van der Waals surface area contributed by atoms with Gasteiger partial charge in [0.2, 0.25) is 0 Å². The minimum absolute atomic E-state index is 0. The molecule has 0 saturated heterocycles. The maximum atomic E-state index is 8.74. The van der Waals surface area contributed by atoms with E-state index in [0.29, 0.717) is 0 Å². The van der Waals surface area contributed by atoms with Gasteiger partial charge in [-0.2, -0.15) is 16.8 Å². The van der Waals surface area contributed by atoms with Crippen LogP contribution in [0, 0.1) is 0 Å². The molecule has 72 valence electrons. The average Bonchev–Trinajstić information content (AvgIpc) is 1.12. The second-order valence-corrected chi connectivity index (χ2v) is 2.69. The Morgan fingerprint density at radius 1 is 0.667 bits per heavy atom. The van der Waals surface area contributed by atoms with Crippen LogP contribution in [-0.2, 0) is 20.8 Å². The number of hydrogen-bond acceptors (Lipinski definition) is 4. The normalized spacial score (nSPS) is 9.67. The van der Waals surface area contributed by atoms with Crippen molar-refractivity contribution in [2.24, 2.45) is 0 Å². The van der Waals surface area contributed by atoms with Crippen LogP contribution in [0.3, 0.4) is 0 Å². The Balaban J connectivity index is -0.0000000457. The molecular weight excluding hydrogens is 370 g/mol. The molecule has 0 saturated carbocycles. The Hall–Kier alpha value is 2.57. The molecule has 0 heterocycles. The molecule has 12 heteroatoms. The first kappa shape index (κ1) is 24.0. The van der Waals surface area contributed by atoms with Gasteiger partial charge in [0, 0.05) is 0 Å². The zero-order valence-corrected chi connectivity index (χ0v) is 5.87. The fraction of sp³-hybridized carbons (Fsp3) is 0. The molecule has 0 bridgehead atoms. The Kier molecular flexibility index (Phi) is 20.2. The van der Waals surface area contributed by atoms with Gasteiger partial charge in [-0.1, -0.05) is 0 Å². The summed E-state index contributed by atoms with van der Waals surface area (Å²) in [6, 6.07) is 0. The van der Waals surface area contributed by atoms with Crippen molar-refractivity contribution in [3.63, 3.8) is 0 Å². The summed E-state index contributed by atoms with van der Waals surface area (Å²) in [6.07, 6.45) is 0. The third-order valence-corrected chi connectivity index (χ3v) is 0. The van der Waals surface area contributed by atoms with E-state index < -0.39 is 20.8 Å². The molecule has 0 aromatic carbocycles. The first-order valence-corrected chi connectivity index (χ1v) is 4.19. The standard InChI is InChI=1S/Ba.Ca.2H2O4S.4H/c;;2*1-5(2,3)4;;;;/h;;2*(H2,1,2,3,4);;;;. The van der Waals surface area contributed by atoms with Gasteiger partial charge in [-0.15, -0.1) is 0 Å². The SMILES string of the molecule is O=S(=O)(O)O.O=S(=O)(O)O.[BaH2].[CaH2]. The molecule has 0 aromatic heterocycles. The quantitative estimate of drug-likeness (QED) is 0.256. The van der Waals surface area contributed by atoms with E-state index in [1.165, 1.54) is 0 Å². The zero-order chi connectivity index (χ0) is 9.00. The van der Waals surface area contributed by atoms with Crippen molar-refractivity contribution in [1.29, 1.82) is 0 Å².